The van der Waals surface area contributed by atoms with Crippen LogP contribution in [0.15, 0.2) is 24.3 Å². The number of hydrogen-bond acceptors (Lipinski definition) is 2. The standard InChI is InChI=1S/C10H12FN3O.ClH/c11-8-3-1-2-7(4-8)5-10(15)14-6-9(12)13;/h1-4H,5-6H2,(H3,12,13)(H,14,15);1H. The first-order valence-electron chi connectivity index (χ1n) is 4.42. The van der Waals surface area contributed by atoms with Gasteiger partial charge in [0, 0.05) is 0 Å². The van der Waals surface area contributed by atoms with Crippen molar-refractivity contribution in [3.8, 4) is 0 Å². The summed E-state index contributed by atoms with van der Waals surface area (Å²) in [6.45, 7) is 0.0220. The zero-order valence-corrected chi connectivity index (χ0v) is 9.31. The average molecular weight is 246 g/mol. The largest absolute Gasteiger partial charge is 0.386 e. The van der Waals surface area contributed by atoms with Crippen LogP contribution in [0.3, 0.4) is 0 Å². The summed E-state index contributed by atoms with van der Waals surface area (Å²) >= 11 is 0. The fourth-order valence-corrected chi connectivity index (χ4v) is 1.09. The van der Waals surface area contributed by atoms with Crippen LogP contribution in [0.1, 0.15) is 5.56 Å². The Morgan fingerprint density at radius 2 is 2.19 bits per heavy atom. The number of carbonyl (C=O) groups excluding carboxylic acids is 1. The van der Waals surface area contributed by atoms with Crippen LogP contribution in [-0.4, -0.2) is 18.3 Å². The van der Waals surface area contributed by atoms with Gasteiger partial charge in [-0.1, -0.05) is 12.1 Å². The second-order valence-electron chi connectivity index (χ2n) is 3.11. The van der Waals surface area contributed by atoms with Crippen LogP contribution in [0.4, 0.5) is 4.39 Å². The van der Waals surface area contributed by atoms with Crippen molar-refractivity contribution in [3.63, 3.8) is 0 Å². The van der Waals surface area contributed by atoms with E-state index in [0.717, 1.165) is 0 Å². The number of amides is 1. The molecule has 0 aliphatic heterocycles. The Morgan fingerprint density at radius 1 is 1.50 bits per heavy atom. The van der Waals surface area contributed by atoms with Crippen molar-refractivity contribution >= 4 is 24.1 Å². The quantitative estimate of drug-likeness (QED) is 0.543. The van der Waals surface area contributed by atoms with Gasteiger partial charge in [-0.25, -0.2) is 4.39 Å². The summed E-state index contributed by atoms with van der Waals surface area (Å²) in [5.41, 5.74) is 5.66. The minimum atomic E-state index is -0.369. The highest BCUT2D eigenvalue weighted by Crippen LogP contribution is 2.03. The van der Waals surface area contributed by atoms with Crippen molar-refractivity contribution in [1.29, 1.82) is 5.41 Å². The van der Waals surface area contributed by atoms with Crippen LogP contribution in [0.5, 0.6) is 0 Å². The summed E-state index contributed by atoms with van der Waals surface area (Å²) in [7, 11) is 0. The number of benzene rings is 1. The molecule has 0 radical (unpaired) electrons. The second kappa shape index (κ2) is 6.79. The van der Waals surface area contributed by atoms with Gasteiger partial charge in [0.25, 0.3) is 0 Å². The van der Waals surface area contributed by atoms with E-state index >= 15 is 0 Å². The second-order valence-corrected chi connectivity index (χ2v) is 3.11. The molecule has 1 aromatic rings. The summed E-state index contributed by atoms with van der Waals surface area (Å²) in [4.78, 5) is 11.2. The fraction of sp³-hybridized carbons (Fsp3) is 0.200. The van der Waals surface area contributed by atoms with Crippen LogP contribution >= 0.6 is 12.4 Å². The van der Waals surface area contributed by atoms with E-state index < -0.39 is 0 Å². The summed E-state index contributed by atoms with van der Waals surface area (Å²) < 4.78 is 12.7. The van der Waals surface area contributed by atoms with Crippen LogP contribution in [0, 0.1) is 11.2 Å². The molecule has 0 saturated heterocycles. The van der Waals surface area contributed by atoms with Gasteiger partial charge in [-0.05, 0) is 17.7 Å². The van der Waals surface area contributed by atoms with Crippen molar-refractivity contribution in [2.75, 3.05) is 6.54 Å². The van der Waals surface area contributed by atoms with Gasteiger partial charge in [0.05, 0.1) is 13.0 Å². The van der Waals surface area contributed by atoms with Crippen LogP contribution in [0.25, 0.3) is 0 Å². The Labute approximate surface area is 98.9 Å². The smallest absolute Gasteiger partial charge is 0.224 e. The molecule has 1 rings (SSSR count). The topological polar surface area (TPSA) is 79.0 Å². The highest BCUT2D eigenvalue weighted by Gasteiger charge is 2.03. The highest BCUT2D eigenvalue weighted by atomic mass is 35.5. The summed E-state index contributed by atoms with van der Waals surface area (Å²) in [5.74, 6) is -0.759. The van der Waals surface area contributed by atoms with Gasteiger partial charge in [-0.3, -0.25) is 10.2 Å². The third-order valence-corrected chi connectivity index (χ3v) is 1.73. The first-order valence-corrected chi connectivity index (χ1v) is 4.42. The van der Waals surface area contributed by atoms with E-state index in [9.17, 15) is 9.18 Å². The normalized spacial score (nSPS) is 9.06. The minimum Gasteiger partial charge on any atom is -0.386 e. The number of nitrogens with two attached hydrogens (primary N) is 1. The summed E-state index contributed by atoms with van der Waals surface area (Å²) in [6, 6.07) is 5.82. The van der Waals surface area contributed by atoms with Crippen LogP contribution in [-0.2, 0) is 11.2 Å². The Bertz CT molecular complexity index is 384. The average Bonchev–Trinajstić information content (AvgIpc) is 2.15. The predicted molar refractivity (Wildman–Crippen MR) is 62.3 cm³/mol. The number of nitrogens with one attached hydrogen (secondary N) is 2. The van der Waals surface area contributed by atoms with E-state index in [1.165, 1.54) is 12.1 Å². The van der Waals surface area contributed by atoms with Crippen LogP contribution in [0.2, 0.25) is 0 Å². The Morgan fingerprint density at radius 3 is 2.75 bits per heavy atom. The molecule has 1 amide bonds. The molecule has 0 saturated carbocycles. The predicted octanol–water partition coefficient (Wildman–Crippen LogP) is 0.842. The Balaban J connectivity index is 0.00000225. The minimum absolute atomic E-state index is 0. The monoisotopic (exact) mass is 245 g/mol. The summed E-state index contributed by atoms with van der Waals surface area (Å²) in [6.07, 6.45) is 0.0883. The molecule has 0 unspecified atom stereocenters. The molecule has 4 N–H and O–H groups in total. The maximum Gasteiger partial charge on any atom is 0.224 e. The SMILES string of the molecule is Cl.N=C(N)CNC(=O)Cc1cccc(F)c1. The number of halogens is 2. The van der Waals surface area contributed by atoms with Gasteiger partial charge in [-0.2, -0.15) is 0 Å². The van der Waals surface area contributed by atoms with E-state index in [4.69, 9.17) is 11.1 Å². The fourth-order valence-electron chi connectivity index (χ4n) is 1.09. The van der Waals surface area contributed by atoms with Crippen molar-refractivity contribution in [2.24, 2.45) is 5.73 Å². The van der Waals surface area contributed by atoms with E-state index in [0.29, 0.717) is 5.56 Å². The molecule has 0 atom stereocenters. The maximum absolute atomic E-state index is 12.7. The lowest BCUT2D eigenvalue weighted by atomic mass is 10.1. The lowest BCUT2D eigenvalue weighted by Crippen LogP contribution is -2.33. The van der Waals surface area contributed by atoms with Crippen molar-refractivity contribution in [3.05, 3.63) is 35.6 Å². The Kier molecular flexibility index (Phi) is 6.10. The maximum atomic E-state index is 12.7. The van der Waals surface area contributed by atoms with E-state index in [2.05, 4.69) is 5.32 Å². The molecule has 0 aromatic heterocycles. The highest BCUT2D eigenvalue weighted by molar-refractivity contribution is 5.86. The summed E-state index contributed by atoms with van der Waals surface area (Å²) in [5, 5.41) is 9.34. The number of carbonyl (C=O) groups is 1. The van der Waals surface area contributed by atoms with Crippen LogP contribution < -0.4 is 11.1 Å². The molecule has 0 bridgehead atoms. The third kappa shape index (κ3) is 5.31. The van der Waals surface area contributed by atoms with Gasteiger partial charge < -0.3 is 11.1 Å². The molecule has 16 heavy (non-hydrogen) atoms. The van der Waals surface area contributed by atoms with E-state index in [1.807, 2.05) is 0 Å². The molecule has 0 heterocycles. The van der Waals surface area contributed by atoms with Gasteiger partial charge in [0.1, 0.15) is 11.7 Å². The van der Waals surface area contributed by atoms with Crippen molar-refractivity contribution < 1.29 is 9.18 Å². The number of hydrogen-bond donors (Lipinski definition) is 3. The molecule has 0 aliphatic rings. The molecule has 0 aliphatic carbocycles. The van der Waals surface area contributed by atoms with E-state index in [1.54, 1.807) is 12.1 Å². The first-order chi connectivity index (χ1) is 7.08. The zero-order valence-electron chi connectivity index (χ0n) is 8.50. The molecular weight excluding hydrogens is 233 g/mol. The molecule has 0 fully saturated rings. The van der Waals surface area contributed by atoms with Gasteiger partial charge in [0.15, 0.2) is 0 Å². The lowest BCUT2D eigenvalue weighted by Gasteiger charge is -2.03. The van der Waals surface area contributed by atoms with Crippen molar-refractivity contribution in [2.45, 2.75) is 6.42 Å². The molecule has 1 aromatic carbocycles. The Hall–Kier alpha value is -1.62. The molecule has 0 spiro atoms. The molecule has 4 nitrogen and oxygen atoms in total. The third-order valence-electron chi connectivity index (χ3n) is 1.73. The number of rotatable bonds is 4. The van der Waals surface area contributed by atoms with Gasteiger partial charge in [0.2, 0.25) is 5.91 Å². The van der Waals surface area contributed by atoms with Gasteiger partial charge >= 0.3 is 0 Å². The molecular formula is C10H13ClFN3O. The van der Waals surface area contributed by atoms with Gasteiger partial charge in [-0.15, -0.1) is 12.4 Å². The molecule has 88 valence electrons. The molecule has 6 heteroatoms. The van der Waals surface area contributed by atoms with E-state index in [-0.39, 0.29) is 42.9 Å². The zero-order chi connectivity index (χ0) is 11.3. The first kappa shape index (κ1) is 14.4. The lowest BCUT2D eigenvalue weighted by molar-refractivity contribution is -0.120. The number of amidine groups is 1. The van der Waals surface area contributed by atoms with Crippen molar-refractivity contribution in [1.82, 2.24) is 5.32 Å².